The molecule has 9 heteroatoms. The van der Waals surface area contributed by atoms with Crippen molar-refractivity contribution in [3.05, 3.63) is 16.1 Å². The molecule has 0 aliphatic carbocycles. The molecule has 1 rings (SSSR count). The average Bonchev–Trinajstić information content (AvgIpc) is 2.23. The Kier molecular flexibility index (Phi) is 4.46. The van der Waals surface area contributed by atoms with Crippen LogP contribution in [0.2, 0.25) is 10.0 Å². The molecule has 0 radical (unpaired) electrons. The summed E-state index contributed by atoms with van der Waals surface area (Å²) in [5.41, 5.74) is 5.02. The van der Waals surface area contributed by atoms with Crippen LogP contribution in [0.25, 0.3) is 0 Å². The van der Waals surface area contributed by atoms with Gasteiger partial charge in [0.15, 0.2) is 17.5 Å². The van der Waals surface area contributed by atoms with Crippen molar-refractivity contribution in [2.75, 3.05) is 12.4 Å². The molecule has 0 heterocycles. The lowest BCUT2D eigenvalue weighted by Gasteiger charge is -2.13. The number of hydrogen-bond acceptors (Lipinski definition) is 4. The van der Waals surface area contributed by atoms with Gasteiger partial charge in [0.25, 0.3) is 0 Å². The van der Waals surface area contributed by atoms with E-state index in [-0.39, 0.29) is 27.2 Å². The van der Waals surface area contributed by atoms with Gasteiger partial charge in [0, 0.05) is 6.07 Å². The molecule has 0 bridgehead atoms. The first-order chi connectivity index (χ1) is 8.36. The van der Waals surface area contributed by atoms with E-state index in [1.807, 2.05) is 5.32 Å². The standard InChI is InChI=1S/C9H10Cl2N4O3/c1-18-7-4(16)2-3(10)6(5(7)11)14-9(17)15-8(12)13/h2,16H,1H3,(H5,12,13,14,15,17). The van der Waals surface area contributed by atoms with Crippen molar-refractivity contribution in [1.29, 1.82) is 5.41 Å². The maximum atomic E-state index is 11.3. The van der Waals surface area contributed by atoms with E-state index in [2.05, 4.69) is 5.32 Å². The van der Waals surface area contributed by atoms with Crippen molar-refractivity contribution < 1.29 is 14.6 Å². The number of rotatable bonds is 2. The minimum atomic E-state index is -0.793. The van der Waals surface area contributed by atoms with Crippen LogP contribution in [0.4, 0.5) is 10.5 Å². The van der Waals surface area contributed by atoms with E-state index < -0.39 is 12.0 Å². The third kappa shape index (κ3) is 3.08. The predicted molar refractivity (Wildman–Crippen MR) is 68.7 cm³/mol. The van der Waals surface area contributed by atoms with Crippen LogP contribution in [0.15, 0.2) is 6.07 Å². The number of nitrogens with two attached hydrogens (primary N) is 1. The zero-order chi connectivity index (χ0) is 13.9. The van der Waals surface area contributed by atoms with E-state index in [1.165, 1.54) is 7.11 Å². The van der Waals surface area contributed by atoms with E-state index in [4.69, 9.17) is 39.1 Å². The molecule has 0 saturated carbocycles. The number of hydrogen-bond donors (Lipinski definition) is 5. The van der Waals surface area contributed by atoms with Crippen molar-refractivity contribution >= 4 is 40.9 Å². The van der Waals surface area contributed by atoms with E-state index in [0.29, 0.717) is 0 Å². The number of carbonyl (C=O) groups is 1. The van der Waals surface area contributed by atoms with Crippen molar-refractivity contribution in [2.45, 2.75) is 0 Å². The van der Waals surface area contributed by atoms with Crippen LogP contribution in [-0.4, -0.2) is 24.2 Å². The first kappa shape index (κ1) is 14.2. The van der Waals surface area contributed by atoms with Gasteiger partial charge in [-0.2, -0.15) is 0 Å². The number of nitrogens with one attached hydrogen (secondary N) is 3. The summed E-state index contributed by atoms with van der Waals surface area (Å²) in [7, 11) is 1.30. The summed E-state index contributed by atoms with van der Waals surface area (Å²) in [6, 6.07) is 0.370. The fourth-order valence-electron chi connectivity index (χ4n) is 1.16. The minimum Gasteiger partial charge on any atom is -0.504 e. The molecule has 0 unspecified atom stereocenters. The second kappa shape index (κ2) is 5.65. The number of phenolic OH excluding ortho intramolecular Hbond substituents is 1. The fraction of sp³-hybridized carbons (Fsp3) is 0.111. The largest absolute Gasteiger partial charge is 0.504 e. The van der Waals surface area contributed by atoms with E-state index in [0.717, 1.165) is 6.07 Å². The minimum absolute atomic E-state index is 0.0111. The summed E-state index contributed by atoms with van der Waals surface area (Å²) in [5.74, 6) is -0.824. The van der Waals surface area contributed by atoms with Gasteiger partial charge in [-0.15, -0.1) is 0 Å². The summed E-state index contributed by atoms with van der Waals surface area (Å²) >= 11 is 11.7. The molecule has 0 aromatic heterocycles. The predicted octanol–water partition coefficient (Wildman–Crippen LogP) is 1.72. The Hall–Kier alpha value is -1.86. The van der Waals surface area contributed by atoms with Crippen LogP contribution in [0.5, 0.6) is 11.5 Å². The first-order valence-electron chi connectivity index (χ1n) is 4.53. The zero-order valence-electron chi connectivity index (χ0n) is 9.17. The first-order valence-corrected chi connectivity index (χ1v) is 5.29. The van der Waals surface area contributed by atoms with Gasteiger partial charge in [0.05, 0.1) is 17.8 Å². The van der Waals surface area contributed by atoms with Crippen molar-refractivity contribution in [3.63, 3.8) is 0 Å². The summed E-state index contributed by atoms with van der Waals surface area (Å²) in [5, 5.41) is 20.6. The van der Waals surface area contributed by atoms with Crippen molar-refractivity contribution in [2.24, 2.45) is 5.73 Å². The second-order valence-corrected chi connectivity index (χ2v) is 3.88. The molecule has 18 heavy (non-hydrogen) atoms. The SMILES string of the molecule is COc1c(O)cc(Cl)c(NC(=O)NC(=N)N)c1Cl. The molecule has 0 fully saturated rings. The maximum Gasteiger partial charge on any atom is 0.326 e. The van der Waals surface area contributed by atoms with Gasteiger partial charge in [-0.05, 0) is 0 Å². The summed E-state index contributed by atoms with van der Waals surface area (Å²) < 4.78 is 4.85. The molecule has 0 spiro atoms. The van der Waals surface area contributed by atoms with E-state index >= 15 is 0 Å². The van der Waals surface area contributed by atoms with Crippen LogP contribution in [0, 0.1) is 5.41 Å². The molecule has 0 aliphatic rings. The maximum absolute atomic E-state index is 11.3. The summed E-state index contributed by atoms with van der Waals surface area (Å²) in [6.45, 7) is 0. The summed E-state index contributed by atoms with van der Waals surface area (Å²) in [4.78, 5) is 11.3. The number of ether oxygens (including phenoxy) is 1. The molecule has 6 N–H and O–H groups in total. The highest BCUT2D eigenvalue weighted by Gasteiger charge is 2.18. The molecule has 0 saturated heterocycles. The highest BCUT2D eigenvalue weighted by atomic mass is 35.5. The molecular weight excluding hydrogens is 283 g/mol. The van der Waals surface area contributed by atoms with Crippen molar-refractivity contribution in [1.82, 2.24) is 5.32 Å². The lowest BCUT2D eigenvalue weighted by molar-refractivity contribution is 0.256. The highest BCUT2D eigenvalue weighted by Crippen LogP contribution is 2.43. The Morgan fingerprint density at radius 2 is 2.17 bits per heavy atom. The van der Waals surface area contributed by atoms with Crippen LogP contribution in [0.1, 0.15) is 0 Å². The molecule has 7 nitrogen and oxygen atoms in total. The number of benzene rings is 1. The molecule has 0 aliphatic heterocycles. The number of phenols is 1. The Morgan fingerprint density at radius 1 is 1.56 bits per heavy atom. The third-order valence-electron chi connectivity index (χ3n) is 1.84. The highest BCUT2D eigenvalue weighted by molar-refractivity contribution is 6.41. The van der Waals surface area contributed by atoms with Crippen LogP contribution < -0.4 is 21.1 Å². The lowest BCUT2D eigenvalue weighted by atomic mass is 10.2. The van der Waals surface area contributed by atoms with Gasteiger partial charge < -0.3 is 20.9 Å². The number of aromatic hydroxyl groups is 1. The average molecular weight is 293 g/mol. The lowest BCUT2D eigenvalue weighted by Crippen LogP contribution is -2.38. The smallest absolute Gasteiger partial charge is 0.326 e. The van der Waals surface area contributed by atoms with Crippen molar-refractivity contribution in [3.8, 4) is 11.5 Å². The molecular formula is C9H10Cl2N4O3. The normalized spacial score (nSPS) is 9.72. The fourth-order valence-corrected chi connectivity index (χ4v) is 1.78. The molecule has 2 amide bonds. The van der Waals surface area contributed by atoms with Crippen LogP contribution >= 0.6 is 23.2 Å². The number of halogens is 2. The number of amides is 2. The Bertz CT molecular complexity index is 507. The molecule has 1 aromatic carbocycles. The van der Waals surface area contributed by atoms with Gasteiger partial charge in [0.2, 0.25) is 0 Å². The topological polar surface area (TPSA) is 120 Å². The third-order valence-corrected chi connectivity index (χ3v) is 2.50. The quantitative estimate of drug-likeness (QED) is 0.324. The van der Waals surface area contributed by atoms with Gasteiger partial charge in [-0.1, -0.05) is 23.2 Å². The van der Waals surface area contributed by atoms with Crippen LogP contribution in [0.3, 0.4) is 0 Å². The molecule has 0 atom stereocenters. The number of urea groups is 1. The molecule has 98 valence electrons. The van der Waals surface area contributed by atoms with Crippen LogP contribution in [-0.2, 0) is 0 Å². The molecule has 1 aromatic rings. The van der Waals surface area contributed by atoms with E-state index in [9.17, 15) is 9.90 Å². The number of anilines is 1. The Morgan fingerprint density at radius 3 is 2.67 bits per heavy atom. The zero-order valence-corrected chi connectivity index (χ0v) is 10.7. The Balaban J connectivity index is 3.09. The number of methoxy groups -OCH3 is 1. The number of guanidine groups is 1. The Labute approximate surface area is 112 Å². The number of carbonyl (C=O) groups excluding carboxylic acids is 1. The van der Waals surface area contributed by atoms with E-state index in [1.54, 1.807) is 0 Å². The second-order valence-electron chi connectivity index (χ2n) is 3.09. The van der Waals surface area contributed by atoms with Gasteiger partial charge in [0.1, 0.15) is 5.02 Å². The summed E-state index contributed by atoms with van der Waals surface area (Å²) in [6.07, 6.45) is 0. The van der Waals surface area contributed by atoms with Gasteiger partial charge in [-0.3, -0.25) is 10.7 Å². The van der Waals surface area contributed by atoms with Gasteiger partial charge >= 0.3 is 6.03 Å². The van der Waals surface area contributed by atoms with Gasteiger partial charge in [-0.25, -0.2) is 4.79 Å². The monoisotopic (exact) mass is 292 g/mol.